The monoisotopic (exact) mass is 396 g/mol. The molecule has 1 aromatic heterocycles. The lowest BCUT2D eigenvalue weighted by molar-refractivity contribution is 0.311. The zero-order chi connectivity index (χ0) is 19.2. The summed E-state index contributed by atoms with van der Waals surface area (Å²) in [4.78, 5) is 4.60. The van der Waals surface area contributed by atoms with Crippen molar-refractivity contribution in [1.82, 2.24) is 4.98 Å². The molecule has 0 atom stereocenters. The van der Waals surface area contributed by atoms with Gasteiger partial charge < -0.3 is 9.47 Å². The van der Waals surface area contributed by atoms with E-state index in [0.29, 0.717) is 33.7 Å². The second-order valence-electron chi connectivity index (χ2n) is 5.54. The van der Waals surface area contributed by atoms with Crippen molar-refractivity contribution < 1.29 is 9.47 Å². The number of allylic oxidation sites excluding steroid dienone is 1. The van der Waals surface area contributed by atoms with Crippen LogP contribution in [-0.4, -0.2) is 18.7 Å². The third kappa shape index (κ3) is 4.30. The number of benzene rings is 2. The Hall–Kier alpha value is -2.81. The standard InChI is InChI=1S/C21H17ClN2O2S/c1-3-26-19-11-14(10-17(22)20(19)25-2)9-16(12-23)21-24-18(13-27-21)15-7-5-4-6-8-15/h4-11,13H,3H2,1-2H3/b16-9+. The lowest BCUT2D eigenvalue weighted by Crippen LogP contribution is -1.96. The number of halogens is 1. The van der Waals surface area contributed by atoms with Gasteiger partial charge in [-0.25, -0.2) is 4.98 Å². The van der Waals surface area contributed by atoms with Gasteiger partial charge in [-0.1, -0.05) is 41.9 Å². The molecule has 0 spiro atoms. The number of nitriles is 1. The molecule has 136 valence electrons. The SMILES string of the molecule is CCOc1cc(/C=C(\C#N)c2nc(-c3ccccc3)cs2)cc(Cl)c1OC. The first-order valence-corrected chi connectivity index (χ1v) is 9.55. The van der Waals surface area contributed by atoms with E-state index < -0.39 is 0 Å². The van der Waals surface area contributed by atoms with Crippen LogP contribution >= 0.6 is 22.9 Å². The number of hydrogen-bond acceptors (Lipinski definition) is 5. The highest BCUT2D eigenvalue weighted by molar-refractivity contribution is 7.11. The summed E-state index contributed by atoms with van der Waals surface area (Å²) in [6, 6.07) is 15.6. The van der Waals surface area contributed by atoms with Crippen LogP contribution in [0.15, 0.2) is 47.8 Å². The Morgan fingerprint density at radius 3 is 2.74 bits per heavy atom. The van der Waals surface area contributed by atoms with E-state index in [0.717, 1.165) is 16.8 Å². The van der Waals surface area contributed by atoms with Crippen molar-refractivity contribution in [2.24, 2.45) is 0 Å². The van der Waals surface area contributed by atoms with E-state index in [1.54, 1.807) is 25.3 Å². The summed E-state index contributed by atoms with van der Waals surface area (Å²) in [6.45, 7) is 2.37. The fraction of sp³-hybridized carbons (Fsp3) is 0.143. The van der Waals surface area contributed by atoms with Crippen molar-refractivity contribution in [3.8, 4) is 28.8 Å². The first-order chi connectivity index (χ1) is 13.2. The van der Waals surface area contributed by atoms with E-state index in [-0.39, 0.29) is 0 Å². The number of methoxy groups -OCH3 is 1. The Labute approximate surface area is 167 Å². The Bertz CT molecular complexity index is 1010. The van der Waals surface area contributed by atoms with E-state index in [1.807, 2.05) is 42.6 Å². The maximum Gasteiger partial charge on any atom is 0.179 e. The first kappa shape index (κ1) is 19.0. The number of ether oxygens (including phenoxy) is 2. The van der Waals surface area contributed by atoms with Crippen molar-refractivity contribution in [2.45, 2.75) is 6.92 Å². The highest BCUT2D eigenvalue weighted by Gasteiger charge is 2.13. The second-order valence-corrected chi connectivity index (χ2v) is 6.81. The maximum absolute atomic E-state index is 9.62. The fourth-order valence-corrected chi connectivity index (χ4v) is 3.67. The fourth-order valence-electron chi connectivity index (χ4n) is 2.58. The normalized spacial score (nSPS) is 11.1. The first-order valence-electron chi connectivity index (χ1n) is 8.29. The lowest BCUT2D eigenvalue weighted by atomic mass is 10.1. The molecule has 0 saturated carbocycles. The minimum absolute atomic E-state index is 0.427. The summed E-state index contributed by atoms with van der Waals surface area (Å²) >= 11 is 7.73. The number of aromatic nitrogens is 1. The topological polar surface area (TPSA) is 55.1 Å². The van der Waals surface area contributed by atoms with E-state index in [1.165, 1.54) is 11.3 Å². The van der Waals surface area contributed by atoms with Gasteiger partial charge in [-0.15, -0.1) is 11.3 Å². The molecule has 6 heteroatoms. The Morgan fingerprint density at radius 2 is 2.07 bits per heavy atom. The van der Waals surface area contributed by atoms with Gasteiger partial charge >= 0.3 is 0 Å². The van der Waals surface area contributed by atoms with E-state index in [4.69, 9.17) is 21.1 Å². The zero-order valence-corrected chi connectivity index (χ0v) is 16.5. The van der Waals surface area contributed by atoms with Crippen LogP contribution in [-0.2, 0) is 0 Å². The van der Waals surface area contributed by atoms with E-state index >= 15 is 0 Å². The van der Waals surface area contributed by atoms with Crippen LogP contribution in [0.3, 0.4) is 0 Å². The smallest absolute Gasteiger partial charge is 0.179 e. The highest BCUT2D eigenvalue weighted by atomic mass is 35.5. The molecule has 0 aliphatic rings. The highest BCUT2D eigenvalue weighted by Crippen LogP contribution is 2.37. The zero-order valence-electron chi connectivity index (χ0n) is 14.9. The minimum atomic E-state index is 0.427. The van der Waals surface area contributed by atoms with Gasteiger partial charge in [-0.3, -0.25) is 0 Å². The van der Waals surface area contributed by atoms with Gasteiger partial charge in [-0.05, 0) is 30.7 Å². The Balaban J connectivity index is 1.98. The summed E-state index contributed by atoms with van der Waals surface area (Å²) in [5.41, 5.74) is 3.08. The van der Waals surface area contributed by atoms with Crippen LogP contribution < -0.4 is 9.47 Å². The molecule has 1 heterocycles. The van der Waals surface area contributed by atoms with Gasteiger partial charge in [0.2, 0.25) is 0 Å². The predicted molar refractivity (Wildman–Crippen MR) is 110 cm³/mol. The van der Waals surface area contributed by atoms with Gasteiger partial charge in [0.25, 0.3) is 0 Å². The minimum Gasteiger partial charge on any atom is -0.491 e. The third-order valence-electron chi connectivity index (χ3n) is 3.77. The molecule has 0 radical (unpaired) electrons. The molecule has 27 heavy (non-hydrogen) atoms. The average molecular weight is 397 g/mol. The van der Waals surface area contributed by atoms with Crippen molar-refractivity contribution in [2.75, 3.05) is 13.7 Å². The summed E-state index contributed by atoms with van der Waals surface area (Å²) in [5, 5.41) is 12.7. The van der Waals surface area contributed by atoms with E-state index in [2.05, 4.69) is 11.1 Å². The van der Waals surface area contributed by atoms with Crippen molar-refractivity contribution >= 4 is 34.6 Å². The summed E-state index contributed by atoms with van der Waals surface area (Å²) in [7, 11) is 1.54. The van der Waals surface area contributed by atoms with Crippen LogP contribution in [0.4, 0.5) is 0 Å². The molecule has 0 N–H and O–H groups in total. The number of rotatable bonds is 6. The molecule has 3 aromatic rings. The predicted octanol–water partition coefficient (Wildman–Crippen LogP) is 5.93. The molecular formula is C21H17ClN2O2S. The van der Waals surface area contributed by atoms with Gasteiger partial charge in [0.05, 0.1) is 30.0 Å². The summed E-state index contributed by atoms with van der Waals surface area (Å²) in [6.07, 6.45) is 1.75. The second kappa shape index (κ2) is 8.72. The van der Waals surface area contributed by atoms with Crippen LogP contribution in [0.25, 0.3) is 22.9 Å². The largest absolute Gasteiger partial charge is 0.491 e. The summed E-state index contributed by atoms with van der Waals surface area (Å²) in [5.74, 6) is 1.02. The number of thiazole rings is 1. The molecule has 4 nitrogen and oxygen atoms in total. The Morgan fingerprint density at radius 1 is 1.30 bits per heavy atom. The van der Waals surface area contributed by atoms with E-state index in [9.17, 15) is 5.26 Å². The van der Waals surface area contributed by atoms with Gasteiger partial charge in [0, 0.05) is 10.9 Å². The molecule has 2 aromatic carbocycles. The molecule has 0 aliphatic carbocycles. The molecule has 3 rings (SSSR count). The lowest BCUT2D eigenvalue weighted by Gasteiger charge is -2.11. The van der Waals surface area contributed by atoms with Crippen molar-refractivity contribution in [3.63, 3.8) is 0 Å². The number of hydrogen-bond donors (Lipinski definition) is 0. The molecule has 0 fully saturated rings. The van der Waals surface area contributed by atoms with Gasteiger partial charge in [-0.2, -0.15) is 5.26 Å². The quantitative estimate of drug-likeness (QED) is 0.484. The third-order valence-corrected chi connectivity index (χ3v) is 4.93. The average Bonchev–Trinajstić information content (AvgIpc) is 3.17. The maximum atomic E-state index is 9.62. The van der Waals surface area contributed by atoms with Crippen LogP contribution in [0, 0.1) is 11.3 Å². The summed E-state index contributed by atoms with van der Waals surface area (Å²) < 4.78 is 10.9. The van der Waals surface area contributed by atoms with Crippen LogP contribution in [0.5, 0.6) is 11.5 Å². The van der Waals surface area contributed by atoms with Gasteiger partial charge in [0.15, 0.2) is 11.5 Å². The number of nitrogens with zero attached hydrogens (tertiary/aromatic N) is 2. The molecule has 0 saturated heterocycles. The van der Waals surface area contributed by atoms with Crippen molar-refractivity contribution in [1.29, 1.82) is 5.26 Å². The Kier molecular flexibility index (Phi) is 6.12. The molecule has 0 unspecified atom stereocenters. The van der Waals surface area contributed by atoms with Crippen LogP contribution in [0.2, 0.25) is 5.02 Å². The molecule has 0 amide bonds. The van der Waals surface area contributed by atoms with Crippen LogP contribution in [0.1, 0.15) is 17.5 Å². The van der Waals surface area contributed by atoms with Gasteiger partial charge in [0.1, 0.15) is 11.1 Å². The molecule has 0 bridgehead atoms. The molecular weight excluding hydrogens is 380 g/mol. The molecule has 0 aliphatic heterocycles. The van der Waals surface area contributed by atoms with Crippen molar-refractivity contribution in [3.05, 3.63) is 63.4 Å².